The summed E-state index contributed by atoms with van der Waals surface area (Å²) in [5.41, 5.74) is 3.29. The van der Waals surface area contributed by atoms with Gasteiger partial charge in [-0.25, -0.2) is 35.8 Å². The lowest BCUT2D eigenvalue weighted by atomic mass is 10.1. The summed E-state index contributed by atoms with van der Waals surface area (Å²) in [6.07, 6.45) is 8.66. The van der Waals surface area contributed by atoms with Crippen molar-refractivity contribution < 1.29 is 16.8 Å². The summed E-state index contributed by atoms with van der Waals surface area (Å²) in [6.45, 7) is 1.87. The van der Waals surface area contributed by atoms with E-state index >= 15 is 0 Å². The summed E-state index contributed by atoms with van der Waals surface area (Å²) in [4.78, 5) is 16.8. The average molecular weight is 506 g/mol. The van der Waals surface area contributed by atoms with Gasteiger partial charge in [-0.1, -0.05) is 23.8 Å². The first-order valence-electron chi connectivity index (χ1n) is 10.4. The van der Waals surface area contributed by atoms with Crippen LogP contribution in [0.2, 0.25) is 0 Å². The van der Waals surface area contributed by atoms with Crippen LogP contribution in [0.5, 0.6) is 0 Å². The van der Waals surface area contributed by atoms with Crippen molar-refractivity contribution in [2.24, 2.45) is 0 Å². The van der Waals surface area contributed by atoms with Gasteiger partial charge in [-0.2, -0.15) is 0 Å². The van der Waals surface area contributed by atoms with E-state index in [0.717, 1.165) is 26.9 Å². The predicted molar refractivity (Wildman–Crippen MR) is 131 cm³/mol. The van der Waals surface area contributed by atoms with Crippen molar-refractivity contribution in [3.05, 3.63) is 85.1 Å². The Labute approximate surface area is 202 Å². The van der Waals surface area contributed by atoms with Crippen molar-refractivity contribution in [2.75, 3.05) is 6.26 Å². The molecule has 35 heavy (non-hydrogen) atoms. The van der Waals surface area contributed by atoms with Crippen LogP contribution in [-0.4, -0.2) is 47.0 Å². The van der Waals surface area contributed by atoms with Gasteiger partial charge in [-0.05, 0) is 37.3 Å². The fourth-order valence-corrected chi connectivity index (χ4v) is 5.49. The molecule has 5 rings (SSSR count). The molecule has 0 saturated heterocycles. The molecule has 0 amide bonds. The summed E-state index contributed by atoms with van der Waals surface area (Å²) in [5.74, 6) is 0. The molecule has 0 aliphatic heterocycles. The fourth-order valence-electron chi connectivity index (χ4n) is 3.65. The van der Waals surface area contributed by atoms with Gasteiger partial charge in [0, 0.05) is 59.3 Å². The average Bonchev–Trinajstić information content (AvgIpc) is 3.24. The minimum absolute atomic E-state index is 0.101. The highest BCUT2D eigenvalue weighted by Gasteiger charge is 2.24. The van der Waals surface area contributed by atoms with E-state index in [1.807, 2.05) is 13.0 Å². The molecule has 4 aromatic heterocycles. The second kappa shape index (κ2) is 8.36. The number of sulfone groups is 1. The number of aryl methyl sites for hydroxylation is 1. The lowest BCUT2D eigenvalue weighted by Crippen LogP contribution is -2.12. The quantitative estimate of drug-likeness (QED) is 0.332. The second-order valence-corrected chi connectivity index (χ2v) is 11.7. The van der Waals surface area contributed by atoms with E-state index in [-0.39, 0.29) is 21.4 Å². The predicted octanol–water partition coefficient (Wildman–Crippen LogP) is 3.50. The van der Waals surface area contributed by atoms with E-state index in [1.165, 1.54) is 30.6 Å². The van der Waals surface area contributed by atoms with Crippen molar-refractivity contribution in [2.45, 2.75) is 17.0 Å². The van der Waals surface area contributed by atoms with Crippen molar-refractivity contribution >= 4 is 30.9 Å². The van der Waals surface area contributed by atoms with Crippen LogP contribution < -0.4 is 0 Å². The highest BCUT2D eigenvalue weighted by molar-refractivity contribution is 7.90. The summed E-state index contributed by atoms with van der Waals surface area (Å²) in [6, 6.07) is 13.5. The van der Waals surface area contributed by atoms with Crippen LogP contribution >= 0.6 is 0 Å². The number of fused-ring (bicyclic) bond motifs is 1. The van der Waals surface area contributed by atoms with Crippen molar-refractivity contribution in [3.63, 3.8) is 0 Å². The fraction of sp³-hybridized carbons (Fsp3) is 0.0833. The maximum absolute atomic E-state index is 13.6. The molecule has 11 heteroatoms. The lowest BCUT2D eigenvalue weighted by molar-refractivity contribution is 0.588. The third-order valence-corrected chi connectivity index (χ3v) is 7.95. The Bertz CT molecular complexity index is 1780. The van der Waals surface area contributed by atoms with E-state index < -0.39 is 19.9 Å². The Balaban J connectivity index is 1.80. The Morgan fingerprint density at radius 2 is 1.63 bits per heavy atom. The minimum atomic E-state index is -4.01. The molecule has 5 aromatic rings. The smallest absolute Gasteiger partial charge is 0.264 e. The van der Waals surface area contributed by atoms with Crippen LogP contribution in [-0.2, 0) is 19.9 Å². The highest BCUT2D eigenvalue weighted by atomic mass is 32.2. The maximum atomic E-state index is 13.6. The Hall–Kier alpha value is -3.96. The molecule has 0 bridgehead atoms. The monoisotopic (exact) mass is 505 g/mol. The van der Waals surface area contributed by atoms with Gasteiger partial charge in [0.1, 0.15) is 0 Å². The van der Waals surface area contributed by atoms with E-state index in [1.54, 1.807) is 42.9 Å². The van der Waals surface area contributed by atoms with E-state index in [4.69, 9.17) is 0 Å². The molecule has 176 valence electrons. The topological polar surface area (TPSA) is 125 Å². The molecular weight excluding hydrogens is 486 g/mol. The summed E-state index contributed by atoms with van der Waals surface area (Å²) < 4.78 is 52.3. The Morgan fingerprint density at radius 3 is 2.31 bits per heavy atom. The zero-order chi connectivity index (χ0) is 24.8. The van der Waals surface area contributed by atoms with Crippen LogP contribution in [0, 0.1) is 6.92 Å². The normalized spacial score (nSPS) is 12.2. The maximum Gasteiger partial charge on any atom is 0.269 e. The van der Waals surface area contributed by atoms with E-state index in [0.29, 0.717) is 10.9 Å². The number of rotatable bonds is 5. The largest absolute Gasteiger partial charge is 0.269 e. The molecule has 1 aromatic carbocycles. The van der Waals surface area contributed by atoms with Crippen LogP contribution in [0.4, 0.5) is 0 Å². The van der Waals surface area contributed by atoms with Gasteiger partial charge >= 0.3 is 0 Å². The van der Waals surface area contributed by atoms with Gasteiger partial charge in [-0.15, -0.1) is 0 Å². The molecular formula is C24H19N5O4S2. The second-order valence-electron chi connectivity index (χ2n) is 7.99. The van der Waals surface area contributed by atoms with Crippen LogP contribution in [0.15, 0.2) is 89.6 Å². The molecule has 0 aliphatic rings. The van der Waals surface area contributed by atoms with Gasteiger partial charge in [0.2, 0.25) is 15.0 Å². The Kier molecular flexibility index (Phi) is 5.45. The lowest BCUT2D eigenvalue weighted by Gasteiger charge is -2.08. The number of benzene rings is 1. The number of hydrogen-bond donors (Lipinski definition) is 0. The minimum Gasteiger partial charge on any atom is -0.264 e. The number of hydrogen-bond acceptors (Lipinski definition) is 8. The molecule has 0 unspecified atom stereocenters. The highest BCUT2D eigenvalue weighted by Crippen LogP contribution is 2.34. The van der Waals surface area contributed by atoms with Gasteiger partial charge < -0.3 is 0 Å². The van der Waals surface area contributed by atoms with Gasteiger partial charge in [0.25, 0.3) is 10.0 Å². The SMILES string of the molecule is Cc1ccc(S(=O)(=O)n2cc(-c3ccnc(S(C)(=O)=O)n3)c3cc(-c4cccnc4)cnc32)cc1. The molecule has 0 saturated carbocycles. The van der Waals surface area contributed by atoms with Crippen LogP contribution in [0.3, 0.4) is 0 Å². The standard InChI is InChI=1S/C24H19N5O4S2/c1-16-5-7-19(8-6-16)35(32,33)29-15-21(22-9-11-26-24(28-22)34(2,30)31)20-12-18(14-27-23(20)29)17-4-3-10-25-13-17/h3-15H,1-2H3. The van der Waals surface area contributed by atoms with Crippen molar-refractivity contribution in [1.82, 2.24) is 23.9 Å². The zero-order valence-electron chi connectivity index (χ0n) is 18.7. The summed E-state index contributed by atoms with van der Waals surface area (Å²) in [5, 5.41) is 0.133. The first-order valence-corrected chi connectivity index (χ1v) is 13.7. The van der Waals surface area contributed by atoms with Gasteiger partial charge in [0.05, 0.1) is 10.6 Å². The molecule has 0 aliphatic carbocycles. The molecule has 0 atom stereocenters. The first kappa shape index (κ1) is 22.8. The third-order valence-electron chi connectivity index (χ3n) is 5.43. The molecule has 9 nitrogen and oxygen atoms in total. The van der Waals surface area contributed by atoms with Crippen molar-refractivity contribution in [1.29, 1.82) is 0 Å². The molecule has 0 radical (unpaired) electrons. The van der Waals surface area contributed by atoms with Crippen LogP contribution in [0.1, 0.15) is 5.56 Å². The summed E-state index contributed by atoms with van der Waals surface area (Å²) >= 11 is 0. The van der Waals surface area contributed by atoms with Gasteiger partial charge in [0.15, 0.2) is 5.65 Å². The third kappa shape index (κ3) is 4.19. The van der Waals surface area contributed by atoms with Crippen LogP contribution in [0.25, 0.3) is 33.4 Å². The number of pyridine rings is 2. The first-order chi connectivity index (χ1) is 16.6. The molecule has 0 N–H and O–H groups in total. The van der Waals surface area contributed by atoms with Crippen molar-refractivity contribution in [3.8, 4) is 22.4 Å². The zero-order valence-corrected chi connectivity index (χ0v) is 20.3. The molecule has 4 heterocycles. The molecule has 0 fully saturated rings. The Morgan fingerprint density at radius 1 is 0.857 bits per heavy atom. The number of aromatic nitrogens is 5. The van der Waals surface area contributed by atoms with E-state index in [9.17, 15) is 16.8 Å². The van der Waals surface area contributed by atoms with E-state index in [2.05, 4.69) is 19.9 Å². The van der Waals surface area contributed by atoms with Gasteiger partial charge in [-0.3, -0.25) is 4.98 Å². The molecule has 0 spiro atoms. The number of nitrogens with zero attached hydrogens (tertiary/aromatic N) is 5. The summed E-state index contributed by atoms with van der Waals surface area (Å²) in [7, 11) is -7.68.